The first-order valence-electron chi connectivity index (χ1n) is 8.42. The summed E-state index contributed by atoms with van der Waals surface area (Å²) in [6, 6.07) is 5.54. The van der Waals surface area contributed by atoms with E-state index in [0.29, 0.717) is 22.5 Å². The third kappa shape index (κ3) is 4.43. The van der Waals surface area contributed by atoms with Gasteiger partial charge in [0.25, 0.3) is 0 Å². The topological polar surface area (TPSA) is 29.6 Å². The van der Waals surface area contributed by atoms with E-state index in [4.69, 9.17) is 28.3 Å². The monoisotopic (exact) mass is 393 g/mol. The number of benzene rings is 1. The van der Waals surface area contributed by atoms with Crippen molar-refractivity contribution in [2.75, 3.05) is 6.54 Å². The summed E-state index contributed by atoms with van der Waals surface area (Å²) in [7, 11) is 0. The molecule has 1 saturated carbocycles. The maximum atomic E-state index is 6.43. The minimum atomic E-state index is 0.565. The molecule has 1 unspecified atom stereocenters. The molecule has 1 aromatic heterocycles. The maximum Gasteiger partial charge on any atom is 0.206 e. The second-order valence-corrected chi connectivity index (χ2v) is 8.02. The molecule has 132 valence electrons. The average Bonchev–Trinajstić information content (AvgIpc) is 2.95. The Kier molecular flexibility index (Phi) is 6.15. The lowest BCUT2D eigenvalue weighted by atomic mass is 9.89. The van der Waals surface area contributed by atoms with Crippen LogP contribution >= 0.6 is 34.5 Å². The van der Waals surface area contributed by atoms with Gasteiger partial charge in [-0.1, -0.05) is 36.2 Å². The summed E-state index contributed by atoms with van der Waals surface area (Å²) in [5.74, 6) is 0.683. The predicted molar refractivity (Wildman–Crippen MR) is 109 cm³/mol. The minimum Gasteiger partial charge on any atom is -0.253 e. The highest BCUT2D eigenvalue weighted by Gasteiger charge is 2.16. The van der Waals surface area contributed by atoms with Crippen LogP contribution in [0.1, 0.15) is 32.6 Å². The molecule has 0 saturated heterocycles. The lowest BCUT2D eigenvalue weighted by Gasteiger charge is -2.19. The summed E-state index contributed by atoms with van der Waals surface area (Å²) in [4.78, 5) is 5.44. The molecule has 1 atom stereocenters. The van der Waals surface area contributed by atoms with Gasteiger partial charge in [-0.2, -0.15) is 5.10 Å². The Bertz CT molecular complexity index is 864. The first-order valence-corrected chi connectivity index (χ1v) is 10.1. The molecule has 1 aliphatic carbocycles. The summed E-state index contributed by atoms with van der Waals surface area (Å²) in [5, 5.41) is 8.24. The van der Waals surface area contributed by atoms with E-state index in [9.17, 15) is 0 Å². The Labute approximate surface area is 162 Å². The van der Waals surface area contributed by atoms with Crippen molar-refractivity contribution < 1.29 is 0 Å². The summed E-state index contributed by atoms with van der Waals surface area (Å²) in [5.41, 5.74) is 3.08. The van der Waals surface area contributed by atoms with Gasteiger partial charge in [0.2, 0.25) is 4.80 Å². The molecule has 1 fully saturated rings. The molecule has 0 N–H and O–H groups in total. The second kappa shape index (κ2) is 8.35. The smallest absolute Gasteiger partial charge is 0.206 e. The molecule has 0 aliphatic heterocycles. The molecule has 6 heteroatoms. The molecule has 3 rings (SSSR count). The molecule has 0 amide bonds. The van der Waals surface area contributed by atoms with Crippen molar-refractivity contribution >= 4 is 40.3 Å². The standard InChI is InChI=1S/C19H21Cl2N3S/c1-3-9-22-19-24(23-15-6-4-5-13(2)10-15)18(12-25-19)16-8-7-14(20)11-17(16)21/h3,7-8,11-13H,1,4-6,9-10H2,2H3. The molecule has 0 bridgehead atoms. The van der Waals surface area contributed by atoms with Crippen LogP contribution < -0.4 is 4.80 Å². The zero-order valence-corrected chi connectivity index (χ0v) is 16.5. The Balaban J connectivity index is 2.11. The molecule has 0 spiro atoms. The third-order valence-electron chi connectivity index (χ3n) is 4.24. The highest BCUT2D eigenvalue weighted by Crippen LogP contribution is 2.31. The van der Waals surface area contributed by atoms with Crippen molar-refractivity contribution in [3.63, 3.8) is 0 Å². The number of nitrogens with zero attached hydrogens (tertiary/aromatic N) is 3. The molecule has 0 radical (unpaired) electrons. The van der Waals surface area contributed by atoms with Crippen LogP contribution in [0.15, 0.2) is 46.3 Å². The van der Waals surface area contributed by atoms with Crippen LogP contribution in [-0.2, 0) is 0 Å². The van der Waals surface area contributed by atoms with E-state index < -0.39 is 0 Å². The lowest BCUT2D eigenvalue weighted by Crippen LogP contribution is -2.19. The van der Waals surface area contributed by atoms with Crippen LogP contribution in [0, 0.1) is 5.92 Å². The summed E-state index contributed by atoms with van der Waals surface area (Å²) in [6.45, 7) is 6.60. The lowest BCUT2D eigenvalue weighted by molar-refractivity contribution is 0.497. The molecule has 2 aromatic rings. The van der Waals surface area contributed by atoms with Crippen molar-refractivity contribution in [3.8, 4) is 11.3 Å². The van der Waals surface area contributed by atoms with Gasteiger partial charge in [0.15, 0.2) is 0 Å². The highest BCUT2D eigenvalue weighted by molar-refractivity contribution is 7.07. The zero-order valence-electron chi connectivity index (χ0n) is 14.2. The summed E-state index contributed by atoms with van der Waals surface area (Å²) >= 11 is 14.0. The van der Waals surface area contributed by atoms with Gasteiger partial charge in [0.1, 0.15) is 0 Å². The SMILES string of the molecule is C=CCN=c1scc(-c2ccc(Cl)cc2Cl)n1N=C1CCCC(C)C1. The Hall–Kier alpha value is -1.36. The normalized spacial score (nSPS) is 20.2. The van der Waals surface area contributed by atoms with Gasteiger partial charge in [0, 0.05) is 21.7 Å². The van der Waals surface area contributed by atoms with Crippen LogP contribution in [0.25, 0.3) is 11.3 Å². The van der Waals surface area contributed by atoms with E-state index in [0.717, 1.165) is 28.9 Å². The first kappa shape index (κ1) is 18.4. The zero-order chi connectivity index (χ0) is 17.8. The minimum absolute atomic E-state index is 0.565. The molecular formula is C19H21Cl2N3S. The van der Waals surface area contributed by atoms with Gasteiger partial charge in [0.05, 0.1) is 17.3 Å². The van der Waals surface area contributed by atoms with E-state index in [1.807, 2.05) is 22.2 Å². The number of rotatable bonds is 4. The van der Waals surface area contributed by atoms with Gasteiger partial charge in [-0.15, -0.1) is 17.9 Å². The van der Waals surface area contributed by atoms with Gasteiger partial charge in [-0.25, -0.2) is 4.68 Å². The summed E-state index contributed by atoms with van der Waals surface area (Å²) in [6.07, 6.45) is 6.34. The van der Waals surface area contributed by atoms with Crippen molar-refractivity contribution in [1.82, 2.24) is 4.68 Å². The number of aromatic nitrogens is 1. The van der Waals surface area contributed by atoms with Crippen LogP contribution in [0.4, 0.5) is 0 Å². The molecular weight excluding hydrogens is 373 g/mol. The third-order valence-corrected chi connectivity index (χ3v) is 5.64. The number of hydrogen-bond donors (Lipinski definition) is 0. The molecule has 3 nitrogen and oxygen atoms in total. The Morgan fingerprint density at radius 3 is 2.96 bits per heavy atom. The first-order chi connectivity index (χ1) is 12.1. The number of thiazole rings is 1. The highest BCUT2D eigenvalue weighted by atomic mass is 35.5. The molecule has 1 aromatic carbocycles. The van der Waals surface area contributed by atoms with Gasteiger partial charge in [-0.3, -0.25) is 4.99 Å². The Morgan fingerprint density at radius 2 is 2.24 bits per heavy atom. The Morgan fingerprint density at radius 1 is 1.40 bits per heavy atom. The number of halogens is 2. The fourth-order valence-corrected chi connectivity index (χ4v) is 4.36. The molecule has 1 aliphatic rings. The van der Waals surface area contributed by atoms with E-state index in [1.54, 1.807) is 23.5 Å². The van der Waals surface area contributed by atoms with Crippen LogP contribution in [-0.4, -0.2) is 16.9 Å². The predicted octanol–water partition coefficient (Wildman–Crippen LogP) is 6.02. The van der Waals surface area contributed by atoms with E-state index in [2.05, 4.69) is 18.5 Å². The van der Waals surface area contributed by atoms with Crippen LogP contribution in [0.3, 0.4) is 0 Å². The maximum absolute atomic E-state index is 6.43. The van der Waals surface area contributed by atoms with Crippen LogP contribution in [0.2, 0.25) is 10.0 Å². The number of hydrogen-bond acceptors (Lipinski definition) is 3. The van der Waals surface area contributed by atoms with Crippen molar-refractivity contribution in [1.29, 1.82) is 0 Å². The largest absolute Gasteiger partial charge is 0.253 e. The van der Waals surface area contributed by atoms with E-state index in [1.165, 1.54) is 18.6 Å². The fourth-order valence-electron chi connectivity index (χ4n) is 3.02. The molecule has 25 heavy (non-hydrogen) atoms. The van der Waals surface area contributed by atoms with Crippen molar-refractivity contribution in [3.05, 3.63) is 51.1 Å². The summed E-state index contributed by atoms with van der Waals surface area (Å²) < 4.78 is 1.93. The van der Waals surface area contributed by atoms with Gasteiger partial charge >= 0.3 is 0 Å². The van der Waals surface area contributed by atoms with Gasteiger partial charge < -0.3 is 0 Å². The van der Waals surface area contributed by atoms with E-state index >= 15 is 0 Å². The fraction of sp³-hybridized carbons (Fsp3) is 0.368. The second-order valence-electron chi connectivity index (χ2n) is 6.34. The quantitative estimate of drug-likeness (QED) is 0.567. The average molecular weight is 394 g/mol. The van der Waals surface area contributed by atoms with Crippen molar-refractivity contribution in [2.45, 2.75) is 32.6 Å². The van der Waals surface area contributed by atoms with Crippen molar-refractivity contribution in [2.24, 2.45) is 16.0 Å². The van der Waals surface area contributed by atoms with Gasteiger partial charge in [-0.05, 0) is 49.8 Å². The van der Waals surface area contributed by atoms with E-state index in [-0.39, 0.29) is 0 Å². The van der Waals surface area contributed by atoms with Crippen LogP contribution in [0.5, 0.6) is 0 Å². The molecule has 1 heterocycles.